The number of carboxylic acids is 1. The highest BCUT2D eigenvalue weighted by Gasteiger charge is 2.55. The Hall–Kier alpha value is -6.47. The van der Waals surface area contributed by atoms with E-state index in [1.165, 1.54) is 85.7 Å². The lowest BCUT2D eigenvalue weighted by Crippen LogP contribution is -2.62. The number of amides is 10. The molecule has 2 heterocycles. The van der Waals surface area contributed by atoms with Gasteiger partial charge in [-0.15, -0.1) is 0 Å². The molecule has 0 saturated carbocycles. The summed E-state index contributed by atoms with van der Waals surface area (Å²) in [5.41, 5.74) is 0.843. The molecule has 1 aliphatic carbocycles. The summed E-state index contributed by atoms with van der Waals surface area (Å²) in [5.74, 6) is -9.76. The van der Waals surface area contributed by atoms with Crippen molar-refractivity contribution < 1.29 is 68.1 Å². The van der Waals surface area contributed by atoms with Gasteiger partial charge in [-0.2, -0.15) is 0 Å². The number of likely N-dealkylation sites (N-methyl/N-ethyl adjacent to an activating group) is 7. The quantitative estimate of drug-likeness (QED) is 0.137. The zero-order chi connectivity index (χ0) is 70.4. The number of hydrogen-bond donors (Lipinski definition) is 6. The Morgan fingerprint density at radius 3 is 1.57 bits per heavy atom. The maximum Gasteiger partial charge on any atom is 0.306 e. The molecule has 3 aliphatic rings. The first-order chi connectivity index (χ1) is 42.6. The monoisotopic (exact) mass is 1300 g/mol. The van der Waals surface area contributed by atoms with Crippen LogP contribution in [0.4, 0.5) is 0 Å². The SMILES string of the molecule is CC[C@H]1C(=O)N(C)CC(=O)N(C)C(CC(C)C)C(=O)NC(C(C)C)C(=O)N(C)[C@@H](CC(C)C)C(=O)NC(C)C(=O)N[C@H](C)[C@H](O)N(C)[C@@H](CC(C)C)C(=O)N(C)C(CC(C)C)C(=O)N(C)[C@@H](C(C)C)C(=O)N(C)[C@H]2C(=O)N1C(C/C=C/C1=CC[C@H](C(=O)O)CC1)[C@H]2O. The summed E-state index contributed by atoms with van der Waals surface area (Å²) in [5, 5.41) is 42.5. The Morgan fingerprint density at radius 2 is 1.08 bits per heavy atom. The number of allylic oxidation sites excluding steroid dienone is 3. The van der Waals surface area contributed by atoms with Crippen molar-refractivity contribution in [3.63, 3.8) is 0 Å². The minimum Gasteiger partial charge on any atom is -0.481 e. The van der Waals surface area contributed by atoms with Crippen molar-refractivity contribution in [2.24, 2.45) is 41.4 Å². The summed E-state index contributed by atoms with van der Waals surface area (Å²) < 4.78 is 0. The summed E-state index contributed by atoms with van der Waals surface area (Å²) in [6, 6.07) is -13.2. The number of nitrogens with one attached hydrogen (secondary N) is 3. The lowest BCUT2D eigenvalue weighted by molar-refractivity contribution is -0.157. The molecular weight excluding hydrogens is 1180 g/mol. The molecule has 2 aliphatic heterocycles. The summed E-state index contributed by atoms with van der Waals surface area (Å²) in [4.78, 5) is 170. The molecule has 0 aromatic carbocycles. The van der Waals surface area contributed by atoms with Gasteiger partial charge in [0, 0.05) is 42.3 Å². The Labute approximate surface area is 547 Å². The Bertz CT molecular complexity index is 2660. The highest BCUT2D eigenvalue weighted by atomic mass is 16.4. The van der Waals surface area contributed by atoms with Crippen LogP contribution in [0.25, 0.3) is 0 Å². The number of hydrogen-bond acceptors (Lipinski definition) is 14. The van der Waals surface area contributed by atoms with E-state index in [9.17, 15) is 48.9 Å². The number of fused-ring (bicyclic) bond motifs is 2. The molecule has 0 aromatic heterocycles. The first-order valence-corrected chi connectivity index (χ1v) is 33.1. The highest BCUT2D eigenvalue weighted by Crippen LogP contribution is 2.33. The Balaban J connectivity index is 2.34. The standard InChI is InChI=1S/C67H115N11O14/c1-23-46-61(85)71(16)35-52(79)72(17)48(31-36(2)3)59(83)70-53(40(10)11)64(88)73(18)49(32-37(4)5)58(82)68-42(14)57(81)69-43(15)60(84)74(19)50(33-38(6)7)62(86)75(20)51(34-39(8)9)63(87)76(21)54(41(12)13)65(89)77(22)55-56(80)47(78(46)66(55)90)26-24-25-44-27-29-45(30-28-44)67(91)92/h24-25,27,36-43,45-51,53-56,60,80,84H,23,26,28-35H2,1-22H3,(H,68,82)(H,69,81)(H,70,83)(H,91,92)/b25-24+/t42?,43-,45+,46+,47?,48?,49+,50+,51?,53?,54+,55-,56-,60+/m1/s1. The van der Waals surface area contributed by atoms with E-state index >= 15 is 19.2 Å². The normalized spacial score (nSPS) is 29.9. The molecule has 14 atom stereocenters. The molecule has 0 aromatic rings. The number of nitrogens with zero attached hydrogens (tertiary/aromatic N) is 8. The van der Waals surface area contributed by atoms with Crippen molar-refractivity contribution in [3.8, 4) is 0 Å². The third-order valence-corrected chi connectivity index (χ3v) is 18.4. The fourth-order valence-electron chi connectivity index (χ4n) is 12.8. The van der Waals surface area contributed by atoms with Gasteiger partial charge in [0.05, 0.1) is 30.6 Å². The summed E-state index contributed by atoms with van der Waals surface area (Å²) in [6.07, 6.45) is 4.03. The van der Waals surface area contributed by atoms with Gasteiger partial charge >= 0.3 is 5.97 Å². The fraction of sp³-hybridized carbons (Fsp3) is 0.776. The van der Waals surface area contributed by atoms with Crippen LogP contribution in [0.15, 0.2) is 23.8 Å². The molecule has 2 saturated heterocycles. The third kappa shape index (κ3) is 20.3. The lowest BCUT2D eigenvalue weighted by atomic mass is 9.89. The fourth-order valence-corrected chi connectivity index (χ4v) is 12.8. The Kier molecular flexibility index (Phi) is 30.5. The molecule has 2 bridgehead atoms. The predicted molar refractivity (Wildman–Crippen MR) is 350 cm³/mol. The van der Waals surface area contributed by atoms with Crippen LogP contribution in [-0.4, -0.2) is 254 Å². The minimum atomic E-state index is -1.62. The zero-order valence-corrected chi connectivity index (χ0v) is 59.3. The maximum atomic E-state index is 15.3. The van der Waals surface area contributed by atoms with Crippen LogP contribution in [0.2, 0.25) is 0 Å². The van der Waals surface area contributed by atoms with Crippen molar-refractivity contribution in [1.82, 2.24) is 55.1 Å². The molecule has 6 N–H and O–H groups in total. The van der Waals surface area contributed by atoms with Gasteiger partial charge in [0.2, 0.25) is 59.1 Å². The van der Waals surface area contributed by atoms with Crippen LogP contribution in [0.5, 0.6) is 0 Å². The molecule has 522 valence electrons. The summed E-state index contributed by atoms with van der Waals surface area (Å²) in [7, 11) is 10.1. The molecule has 10 amide bonds. The first-order valence-electron chi connectivity index (χ1n) is 33.1. The number of aliphatic carboxylic acids is 1. The molecule has 0 radical (unpaired) electrons. The van der Waals surface area contributed by atoms with Gasteiger partial charge in [-0.3, -0.25) is 57.6 Å². The molecule has 2 fully saturated rings. The predicted octanol–water partition coefficient (Wildman–Crippen LogP) is 3.31. The molecular formula is C67H115N11O14. The third-order valence-electron chi connectivity index (χ3n) is 18.4. The van der Waals surface area contributed by atoms with Gasteiger partial charge < -0.3 is 65.6 Å². The van der Waals surface area contributed by atoms with Crippen molar-refractivity contribution in [2.75, 3.05) is 55.9 Å². The number of aliphatic hydroxyl groups excluding tert-OH is 2. The molecule has 5 unspecified atom stereocenters. The van der Waals surface area contributed by atoms with E-state index in [1.807, 2.05) is 61.5 Å². The number of rotatable bonds is 15. The zero-order valence-electron chi connectivity index (χ0n) is 59.3. The molecule has 92 heavy (non-hydrogen) atoms. The summed E-state index contributed by atoms with van der Waals surface area (Å²) in [6.45, 7) is 26.0. The van der Waals surface area contributed by atoms with E-state index < -0.39 is 168 Å². The van der Waals surface area contributed by atoms with Gasteiger partial charge in [-0.1, -0.05) is 114 Å². The first kappa shape index (κ1) is 79.8. The van der Waals surface area contributed by atoms with Gasteiger partial charge in [-0.25, -0.2) is 0 Å². The highest BCUT2D eigenvalue weighted by molar-refractivity contribution is 5.99. The van der Waals surface area contributed by atoms with Crippen LogP contribution >= 0.6 is 0 Å². The van der Waals surface area contributed by atoms with Gasteiger partial charge in [-0.05, 0) is 114 Å². The van der Waals surface area contributed by atoms with Crippen LogP contribution in [0.1, 0.15) is 162 Å². The molecule has 25 nitrogen and oxygen atoms in total. The maximum absolute atomic E-state index is 15.3. The number of carbonyl (C=O) groups excluding carboxylic acids is 10. The number of aliphatic hydroxyl groups is 2. The van der Waals surface area contributed by atoms with Crippen LogP contribution in [0, 0.1) is 41.4 Å². The molecule has 0 spiro atoms. The lowest BCUT2D eigenvalue weighted by Gasteiger charge is -2.41. The van der Waals surface area contributed by atoms with E-state index in [0.29, 0.717) is 19.3 Å². The van der Waals surface area contributed by atoms with E-state index in [1.54, 1.807) is 53.7 Å². The van der Waals surface area contributed by atoms with Crippen LogP contribution in [0.3, 0.4) is 0 Å². The van der Waals surface area contributed by atoms with Crippen molar-refractivity contribution in [3.05, 3.63) is 23.8 Å². The van der Waals surface area contributed by atoms with Gasteiger partial charge in [0.15, 0.2) is 0 Å². The summed E-state index contributed by atoms with van der Waals surface area (Å²) >= 11 is 0. The van der Waals surface area contributed by atoms with E-state index in [0.717, 1.165) is 15.4 Å². The second-order valence-electron chi connectivity index (χ2n) is 28.5. The van der Waals surface area contributed by atoms with Crippen LogP contribution in [-0.2, 0) is 52.7 Å². The van der Waals surface area contributed by atoms with E-state index in [4.69, 9.17) is 0 Å². The number of carboxylic acid groups (broad SMARTS) is 1. The average Bonchev–Trinajstić information content (AvgIpc) is 1.60. The van der Waals surface area contributed by atoms with E-state index in [-0.39, 0.29) is 62.2 Å². The van der Waals surface area contributed by atoms with Gasteiger partial charge in [0.1, 0.15) is 60.7 Å². The Morgan fingerprint density at radius 1 is 0.576 bits per heavy atom. The smallest absolute Gasteiger partial charge is 0.306 e. The number of carbonyl (C=O) groups is 11. The molecule has 25 heteroatoms. The van der Waals surface area contributed by atoms with Crippen molar-refractivity contribution in [1.29, 1.82) is 0 Å². The van der Waals surface area contributed by atoms with Crippen molar-refractivity contribution >= 4 is 65.0 Å². The van der Waals surface area contributed by atoms with Crippen molar-refractivity contribution in [2.45, 2.75) is 240 Å². The largest absolute Gasteiger partial charge is 0.481 e. The van der Waals surface area contributed by atoms with Crippen LogP contribution < -0.4 is 16.0 Å². The minimum absolute atomic E-state index is 0.00963. The topological polar surface area (TPSA) is 310 Å². The average molecular weight is 1300 g/mol. The van der Waals surface area contributed by atoms with E-state index in [2.05, 4.69) is 16.0 Å². The molecule has 3 rings (SSSR count). The second-order valence-corrected chi connectivity index (χ2v) is 28.5. The van der Waals surface area contributed by atoms with Gasteiger partial charge in [0.25, 0.3) is 0 Å². The second kappa shape index (κ2) is 35.2.